The zero-order valence-electron chi connectivity index (χ0n) is 10.0. The molecule has 0 saturated heterocycles. The normalized spacial score (nSPS) is 13.3. The van der Waals surface area contributed by atoms with E-state index in [2.05, 4.69) is 16.5 Å². The minimum Gasteiger partial charge on any atom is -0.302 e. The highest BCUT2D eigenvalue weighted by Gasteiger charge is 2.32. The summed E-state index contributed by atoms with van der Waals surface area (Å²) in [5.41, 5.74) is -0.766. The third-order valence-electron chi connectivity index (χ3n) is 2.40. The Morgan fingerprint density at radius 3 is 2.78 bits per heavy atom. The number of halogens is 3. The van der Waals surface area contributed by atoms with Crippen LogP contribution < -0.4 is 5.32 Å². The molecule has 0 amide bonds. The Balaban J connectivity index is 2.48. The molecule has 0 saturated carbocycles. The van der Waals surface area contributed by atoms with E-state index in [0.29, 0.717) is 13.0 Å². The first-order valence-electron chi connectivity index (χ1n) is 5.70. The van der Waals surface area contributed by atoms with E-state index in [9.17, 15) is 13.2 Å². The molecular formula is C11H15F3N4. The fourth-order valence-electron chi connectivity index (χ4n) is 1.42. The average Bonchev–Trinajstić information content (AvgIpc) is 2.78. The van der Waals surface area contributed by atoms with Crippen LogP contribution in [0.4, 0.5) is 13.2 Å². The second-order valence-electron chi connectivity index (χ2n) is 3.91. The molecule has 100 valence electrons. The van der Waals surface area contributed by atoms with Crippen LogP contribution in [0.5, 0.6) is 0 Å². The van der Waals surface area contributed by atoms with Crippen molar-refractivity contribution in [3.05, 3.63) is 18.0 Å². The summed E-state index contributed by atoms with van der Waals surface area (Å²) in [6.45, 7) is 2.97. The summed E-state index contributed by atoms with van der Waals surface area (Å²) < 4.78 is 38.2. The molecule has 1 rings (SSSR count). The van der Waals surface area contributed by atoms with Crippen LogP contribution in [0.1, 0.15) is 25.3 Å². The Morgan fingerprint density at radius 2 is 2.28 bits per heavy atom. The number of alkyl halides is 3. The Bertz CT molecular complexity index is 405. The van der Waals surface area contributed by atoms with Crippen molar-refractivity contribution in [2.45, 2.75) is 38.5 Å². The van der Waals surface area contributed by atoms with E-state index in [1.54, 1.807) is 0 Å². The number of nitrogens with one attached hydrogen (secondary N) is 1. The molecule has 0 bridgehead atoms. The quantitative estimate of drug-likeness (QED) is 0.853. The van der Waals surface area contributed by atoms with Crippen molar-refractivity contribution in [3.8, 4) is 6.07 Å². The molecule has 0 radical (unpaired) electrons. The van der Waals surface area contributed by atoms with Gasteiger partial charge in [-0.3, -0.25) is 4.68 Å². The lowest BCUT2D eigenvalue weighted by Gasteiger charge is -2.10. The van der Waals surface area contributed by atoms with Gasteiger partial charge in [-0.05, 0) is 19.4 Å². The van der Waals surface area contributed by atoms with Crippen LogP contribution in [0.2, 0.25) is 0 Å². The summed E-state index contributed by atoms with van der Waals surface area (Å²) in [6.07, 6.45) is -1.30. The van der Waals surface area contributed by atoms with Crippen LogP contribution >= 0.6 is 0 Å². The highest BCUT2D eigenvalue weighted by Crippen LogP contribution is 2.28. The molecule has 0 spiro atoms. The number of nitriles is 1. The largest absolute Gasteiger partial charge is 0.419 e. The van der Waals surface area contributed by atoms with E-state index in [4.69, 9.17) is 5.26 Å². The SMILES string of the molecule is CCCNC(C#N)CCn1cc(C(F)(F)F)cn1. The van der Waals surface area contributed by atoms with Crippen LogP contribution in [0.3, 0.4) is 0 Å². The molecule has 1 aromatic heterocycles. The molecule has 0 aromatic carbocycles. The Kier molecular flexibility index (Phi) is 5.16. The zero-order chi connectivity index (χ0) is 13.6. The molecule has 1 atom stereocenters. The van der Waals surface area contributed by atoms with E-state index in [0.717, 1.165) is 18.8 Å². The molecule has 0 aliphatic heterocycles. The van der Waals surface area contributed by atoms with Crippen molar-refractivity contribution in [1.29, 1.82) is 5.26 Å². The highest BCUT2D eigenvalue weighted by molar-refractivity contribution is 5.08. The summed E-state index contributed by atoms with van der Waals surface area (Å²) in [5, 5.41) is 15.5. The molecule has 0 fully saturated rings. The van der Waals surface area contributed by atoms with Gasteiger partial charge in [0.25, 0.3) is 0 Å². The molecule has 0 aliphatic carbocycles. The van der Waals surface area contributed by atoms with Crippen LogP contribution in [-0.4, -0.2) is 22.4 Å². The first kappa shape index (κ1) is 14.5. The summed E-state index contributed by atoms with van der Waals surface area (Å²) in [7, 11) is 0. The molecule has 4 nitrogen and oxygen atoms in total. The van der Waals surface area contributed by atoms with Crippen molar-refractivity contribution >= 4 is 0 Å². The third-order valence-corrected chi connectivity index (χ3v) is 2.40. The van der Waals surface area contributed by atoms with Gasteiger partial charge in [-0.2, -0.15) is 23.5 Å². The monoisotopic (exact) mass is 260 g/mol. The van der Waals surface area contributed by atoms with Crippen molar-refractivity contribution < 1.29 is 13.2 Å². The Morgan fingerprint density at radius 1 is 1.56 bits per heavy atom. The topological polar surface area (TPSA) is 53.6 Å². The molecule has 7 heteroatoms. The van der Waals surface area contributed by atoms with Crippen LogP contribution in [-0.2, 0) is 12.7 Å². The second kappa shape index (κ2) is 6.40. The molecule has 0 aliphatic rings. The maximum atomic E-state index is 12.3. The fourth-order valence-corrected chi connectivity index (χ4v) is 1.42. The van der Waals surface area contributed by atoms with Gasteiger partial charge in [-0.15, -0.1) is 0 Å². The molecular weight excluding hydrogens is 245 g/mol. The van der Waals surface area contributed by atoms with Gasteiger partial charge < -0.3 is 5.32 Å². The first-order chi connectivity index (χ1) is 8.47. The van der Waals surface area contributed by atoms with E-state index in [1.807, 2.05) is 6.92 Å². The van der Waals surface area contributed by atoms with Crippen LogP contribution in [0.25, 0.3) is 0 Å². The smallest absolute Gasteiger partial charge is 0.302 e. The minimum absolute atomic E-state index is 0.283. The number of hydrogen-bond donors (Lipinski definition) is 1. The van der Waals surface area contributed by atoms with Crippen molar-refractivity contribution in [2.24, 2.45) is 0 Å². The van der Waals surface area contributed by atoms with Gasteiger partial charge in [0, 0.05) is 12.7 Å². The zero-order valence-corrected chi connectivity index (χ0v) is 10.0. The third kappa shape index (κ3) is 4.37. The van der Waals surface area contributed by atoms with Crippen molar-refractivity contribution in [3.63, 3.8) is 0 Å². The predicted molar refractivity (Wildman–Crippen MR) is 59.5 cm³/mol. The molecule has 1 unspecified atom stereocenters. The lowest BCUT2D eigenvalue weighted by molar-refractivity contribution is -0.137. The van der Waals surface area contributed by atoms with Crippen LogP contribution in [0, 0.1) is 11.3 Å². The minimum atomic E-state index is -4.37. The summed E-state index contributed by atoms with van der Waals surface area (Å²) >= 11 is 0. The van der Waals surface area contributed by atoms with Gasteiger partial charge in [0.1, 0.15) is 0 Å². The molecule has 1 heterocycles. The van der Waals surface area contributed by atoms with Gasteiger partial charge in [0.2, 0.25) is 0 Å². The molecule has 1 N–H and O–H groups in total. The highest BCUT2D eigenvalue weighted by atomic mass is 19.4. The van der Waals surface area contributed by atoms with Gasteiger partial charge in [0.05, 0.1) is 23.9 Å². The Hall–Kier alpha value is -1.55. The summed E-state index contributed by atoms with van der Waals surface area (Å²) in [6, 6.07) is 1.71. The van der Waals surface area contributed by atoms with Crippen LogP contribution in [0.15, 0.2) is 12.4 Å². The maximum absolute atomic E-state index is 12.3. The lowest BCUT2D eigenvalue weighted by Crippen LogP contribution is -2.29. The number of rotatable bonds is 6. The van der Waals surface area contributed by atoms with E-state index in [-0.39, 0.29) is 12.6 Å². The predicted octanol–water partition coefficient (Wildman–Crippen LogP) is 2.18. The fraction of sp³-hybridized carbons (Fsp3) is 0.636. The summed E-state index contributed by atoms with van der Waals surface area (Å²) in [4.78, 5) is 0. The molecule has 18 heavy (non-hydrogen) atoms. The maximum Gasteiger partial charge on any atom is 0.419 e. The van der Waals surface area contributed by atoms with E-state index >= 15 is 0 Å². The number of nitrogens with zero attached hydrogens (tertiary/aromatic N) is 3. The standard InChI is InChI=1S/C11H15F3N4/c1-2-4-16-10(6-15)3-5-18-8-9(7-17-18)11(12,13)14/h7-8,10,16H,2-5H2,1H3. The van der Waals surface area contributed by atoms with Gasteiger partial charge in [-0.25, -0.2) is 0 Å². The lowest BCUT2D eigenvalue weighted by atomic mass is 10.2. The summed E-state index contributed by atoms with van der Waals surface area (Å²) in [5.74, 6) is 0. The Labute approximate surface area is 103 Å². The van der Waals surface area contributed by atoms with Gasteiger partial charge in [0.15, 0.2) is 0 Å². The van der Waals surface area contributed by atoms with Crippen molar-refractivity contribution in [2.75, 3.05) is 6.54 Å². The second-order valence-corrected chi connectivity index (χ2v) is 3.91. The first-order valence-corrected chi connectivity index (χ1v) is 5.70. The number of hydrogen-bond acceptors (Lipinski definition) is 3. The number of aromatic nitrogens is 2. The van der Waals surface area contributed by atoms with E-state index in [1.165, 1.54) is 4.68 Å². The average molecular weight is 260 g/mol. The molecule has 1 aromatic rings. The van der Waals surface area contributed by atoms with Gasteiger partial charge >= 0.3 is 6.18 Å². The van der Waals surface area contributed by atoms with Gasteiger partial charge in [-0.1, -0.05) is 6.92 Å². The number of aryl methyl sites for hydroxylation is 1. The van der Waals surface area contributed by atoms with E-state index < -0.39 is 11.7 Å². The van der Waals surface area contributed by atoms with Crippen molar-refractivity contribution in [1.82, 2.24) is 15.1 Å².